The van der Waals surface area contributed by atoms with Gasteiger partial charge in [-0.25, -0.2) is 4.79 Å². The van der Waals surface area contributed by atoms with Gasteiger partial charge in [-0.1, -0.05) is 0 Å². The van der Waals surface area contributed by atoms with E-state index in [4.69, 9.17) is 9.47 Å². The highest BCUT2D eigenvalue weighted by Gasteiger charge is 2.10. The summed E-state index contributed by atoms with van der Waals surface area (Å²) in [6, 6.07) is 19.5. The molecule has 2 heterocycles. The minimum Gasteiger partial charge on any atom is -0.434 e. The van der Waals surface area contributed by atoms with Crippen LogP contribution in [0.5, 0.6) is 0 Å². The van der Waals surface area contributed by atoms with Crippen molar-refractivity contribution in [2.45, 2.75) is 12.8 Å². The number of benzene rings is 2. The Morgan fingerprint density at radius 1 is 0.658 bits per heavy atom. The van der Waals surface area contributed by atoms with Gasteiger partial charge in [-0.15, -0.1) is 0 Å². The van der Waals surface area contributed by atoms with E-state index in [-0.39, 0.29) is 24.6 Å². The fourth-order valence-corrected chi connectivity index (χ4v) is 3.63. The van der Waals surface area contributed by atoms with Gasteiger partial charge in [0.1, 0.15) is 0 Å². The van der Waals surface area contributed by atoms with E-state index in [1.165, 1.54) is 24.3 Å². The van der Waals surface area contributed by atoms with Crippen molar-refractivity contribution in [2.24, 2.45) is 0 Å². The maximum absolute atomic E-state index is 12.0. The first-order valence-corrected chi connectivity index (χ1v) is 11.6. The summed E-state index contributed by atoms with van der Waals surface area (Å²) in [6.45, 7) is 0.226. The average molecular weight is 514 g/mol. The summed E-state index contributed by atoms with van der Waals surface area (Å²) in [7, 11) is 0. The lowest BCUT2D eigenvalue weighted by molar-refractivity contribution is -0.385. The highest BCUT2D eigenvalue weighted by molar-refractivity contribution is 5.63. The number of ether oxygens (including phenoxy) is 2. The van der Waals surface area contributed by atoms with Gasteiger partial charge in [0.05, 0.1) is 34.4 Å². The van der Waals surface area contributed by atoms with Crippen molar-refractivity contribution in [3.8, 4) is 22.5 Å². The minimum atomic E-state index is -0.778. The molecule has 0 unspecified atom stereocenters. The lowest BCUT2D eigenvalue weighted by Crippen LogP contribution is -2.12. The van der Waals surface area contributed by atoms with Gasteiger partial charge in [0.15, 0.2) is 0 Å². The molecule has 0 bridgehead atoms. The molecule has 0 aliphatic heterocycles. The molecule has 38 heavy (non-hydrogen) atoms. The molecule has 0 fully saturated rings. The lowest BCUT2D eigenvalue weighted by atomic mass is 10.1. The number of nitro groups is 2. The molecular formula is C27H22N4O7. The van der Waals surface area contributed by atoms with E-state index in [9.17, 15) is 25.0 Å². The lowest BCUT2D eigenvalue weighted by Gasteiger charge is -2.08. The number of aromatic nitrogens is 2. The van der Waals surface area contributed by atoms with E-state index in [0.717, 1.165) is 22.3 Å². The largest absolute Gasteiger partial charge is 0.508 e. The Bertz CT molecular complexity index is 1330. The van der Waals surface area contributed by atoms with E-state index >= 15 is 0 Å². The molecule has 0 radical (unpaired) electrons. The van der Waals surface area contributed by atoms with E-state index < -0.39 is 16.0 Å². The average Bonchev–Trinajstić information content (AvgIpc) is 2.93. The highest BCUT2D eigenvalue weighted by atomic mass is 16.7. The van der Waals surface area contributed by atoms with Crippen molar-refractivity contribution in [3.05, 3.63) is 117 Å². The number of hydrogen-bond acceptors (Lipinski definition) is 9. The zero-order chi connectivity index (χ0) is 26.9. The summed E-state index contributed by atoms with van der Waals surface area (Å²) < 4.78 is 10.3. The zero-order valence-corrected chi connectivity index (χ0v) is 20.1. The van der Waals surface area contributed by atoms with Crippen LogP contribution in [-0.2, 0) is 22.3 Å². The summed E-state index contributed by atoms with van der Waals surface area (Å²) in [6.07, 6.45) is 3.37. The number of non-ortho nitro benzene ring substituents is 2. The van der Waals surface area contributed by atoms with Crippen LogP contribution < -0.4 is 0 Å². The van der Waals surface area contributed by atoms with Crippen LogP contribution in [0.15, 0.2) is 85.2 Å². The molecule has 0 saturated carbocycles. The van der Waals surface area contributed by atoms with E-state index in [2.05, 4.69) is 9.97 Å². The summed E-state index contributed by atoms with van der Waals surface area (Å²) in [5.41, 5.74) is 4.58. The predicted octanol–water partition coefficient (Wildman–Crippen LogP) is 5.57. The van der Waals surface area contributed by atoms with Gasteiger partial charge < -0.3 is 9.47 Å². The van der Waals surface area contributed by atoms with Gasteiger partial charge >= 0.3 is 6.16 Å². The van der Waals surface area contributed by atoms with Crippen molar-refractivity contribution >= 4 is 17.5 Å². The summed E-state index contributed by atoms with van der Waals surface area (Å²) in [5.74, 6) is 0. The number of hydrogen-bond donors (Lipinski definition) is 0. The fourth-order valence-electron chi connectivity index (χ4n) is 3.63. The second-order valence-corrected chi connectivity index (χ2v) is 8.15. The van der Waals surface area contributed by atoms with Crippen LogP contribution in [0.25, 0.3) is 22.5 Å². The Balaban J connectivity index is 1.23. The Kier molecular flexibility index (Phi) is 8.29. The van der Waals surface area contributed by atoms with E-state index in [1.807, 2.05) is 12.1 Å². The Labute approximate surface area is 217 Å². The normalized spacial score (nSPS) is 10.5. The standard InChI is InChI=1S/C27H22N4O7/c32-27(37-15-11-19-9-13-28-25(17-19)21-1-5-23(6-2-21)30(33)34)38-16-12-20-10-14-29-26(18-20)22-3-7-24(8-4-22)31(35)36/h1-10,13-14,17-18H,11-12,15-16H2. The van der Waals surface area contributed by atoms with Crippen LogP contribution in [0, 0.1) is 20.2 Å². The number of carbonyl (C=O) groups excluding carboxylic acids is 1. The molecule has 0 spiro atoms. The molecule has 2 aromatic heterocycles. The summed E-state index contributed by atoms with van der Waals surface area (Å²) >= 11 is 0. The van der Waals surface area contributed by atoms with Crippen molar-refractivity contribution in [2.75, 3.05) is 13.2 Å². The van der Waals surface area contributed by atoms with Crippen LogP contribution >= 0.6 is 0 Å². The summed E-state index contributed by atoms with van der Waals surface area (Å²) in [5, 5.41) is 21.7. The molecule has 4 aromatic rings. The fraction of sp³-hybridized carbons (Fsp3) is 0.148. The molecule has 0 N–H and O–H groups in total. The number of carbonyl (C=O) groups is 1. The Morgan fingerprint density at radius 2 is 1.05 bits per heavy atom. The molecule has 4 rings (SSSR count). The smallest absolute Gasteiger partial charge is 0.434 e. The van der Waals surface area contributed by atoms with Crippen LogP contribution in [-0.4, -0.2) is 39.2 Å². The third kappa shape index (κ3) is 6.94. The first-order valence-electron chi connectivity index (χ1n) is 11.6. The van der Waals surface area contributed by atoms with Crippen LogP contribution in [0.1, 0.15) is 11.1 Å². The van der Waals surface area contributed by atoms with E-state index in [1.54, 1.807) is 48.8 Å². The Hall–Kier alpha value is -5.19. The van der Waals surface area contributed by atoms with E-state index in [0.29, 0.717) is 24.2 Å². The molecule has 11 heteroatoms. The quantitative estimate of drug-likeness (QED) is 0.150. The number of rotatable bonds is 10. The maximum Gasteiger partial charge on any atom is 0.508 e. The van der Waals surface area contributed by atoms with Crippen LogP contribution in [0.4, 0.5) is 16.2 Å². The van der Waals surface area contributed by atoms with Gasteiger partial charge in [-0.2, -0.15) is 0 Å². The van der Waals surface area contributed by atoms with Gasteiger partial charge in [-0.3, -0.25) is 30.2 Å². The number of nitro benzene ring substituents is 2. The van der Waals surface area contributed by atoms with Gasteiger partial charge in [0, 0.05) is 60.6 Å². The zero-order valence-electron chi connectivity index (χ0n) is 20.1. The molecule has 2 aromatic carbocycles. The predicted molar refractivity (Wildman–Crippen MR) is 137 cm³/mol. The Morgan fingerprint density at radius 3 is 1.42 bits per heavy atom. The molecule has 0 saturated heterocycles. The number of nitrogens with zero attached hydrogens (tertiary/aromatic N) is 4. The number of pyridine rings is 2. The topological polar surface area (TPSA) is 148 Å². The molecule has 0 aliphatic carbocycles. The minimum absolute atomic E-state index is 0.00526. The molecule has 192 valence electrons. The van der Waals surface area contributed by atoms with Crippen molar-refractivity contribution < 1.29 is 24.1 Å². The van der Waals surface area contributed by atoms with Crippen molar-refractivity contribution in [1.29, 1.82) is 0 Å². The summed E-state index contributed by atoms with van der Waals surface area (Å²) in [4.78, 5) is 41.3. The van der Waals surface area contributed by atoms with Gasteiger partial charge in [0.25, 0.3) is 11.4 Å². The molecule has 0 amide bonds. The molecule has 11 nitrogen and oxygen atoms in total. The van der Waals surface area contributed by atoms with Crippen LogP contribution in [0.2, 0.25) is 0 Å². The monoisotopic (exact) mass is 514 g/mol. The SMILES string of the molecule is O=C(OCCc1ccnc(-c2ccc([N+](=O)[O-])cc2)c1)OCCc1ccnc(-c2ccc([N+](=O)[O-])cc2)c1. The van der Waals surface area contributed by atoms with Crippen molar-refractivity contribution in [1.82, 2.24) is 9.97 Å². The highest BCUT2D eigenvalue weighted by Crippen LogP contribution is 2.23. The molecule has 0 aliphatic rings. The second-order valence-electron chi connectivity index (χ2n) is 8.15. The van der Waals surface area contributed by atoms with Crippen molar-refractivity contribution in [3.63, 3.8) is 0 Å². The third-order valence-corrected chi connectivity index (χ3v) is 5.62. The second kappa shape index (κ2) is 12.2. The third-order valence-electron chi connectivity index (χ3n) is 5.62. The molecular weight excluding hydrogens is 492 g/mol. The van der Waals surface area contributed by atoms with Gasteiger partial charge in [-0.05, 0) is 59.7 Å². The first kappa shape index (κ1) is 25.9. The van der Waals surface area contributed by atoms with Gasteiger partial charge in [0.2, 0.25) is 0 Å². The van der Waals surface area contributed by atoms with Crippen LogP contribution in [0.3, 0.4) is 0 Å². The maximum atomic E-state index is 12.0. The first-order chi connectivity index (χ1) is 18.4. The molecule has 0 atom stereocenters.